The molecule has 1 unspecified atom stereocenters. The van der Waals surface area contributed by atoms with Gasteiger partial charge in [0.1, 0.15) is 0 Å². The van der Waals surface area contributed by atoms with E-state index in [0.29, 0.717) is 5.02 Å². The number of thioether (sulfide) groups is 1. The fourth-order valence-corrected chi connectivity index (χ4v) is 3.41. The van der Waals surface area contributed by atoms with Crippen LogP contribution in [0.4, 0.5) is 0 Å². The van der Waals surface area contributed by atoms with Gasteiger partial charge in [0, 0.05) is 30.6 Å². The fourth-order valence-electron chi connectivity index (χ4n) is 2.18. The quantitative estimate of drug-likeness (QED) is 0.862. The fraction of sp³-hybridized carbons (Fsp3) is 0.500. The largest absolute Gasteiger partial charge is 0.336 e. The highest BCUT2D eigenvalue weighted by atomic mass is 35.5. The molecule has 0 saturated carbocycles. The van der Waals surface area contributed by atoms with Crippen molar-refractivity contribution < 1.29 is 4.79 Å². The zero-order valence-electron chi connectivity index (χ0n) is 11.6. The zero-order valence-corrected chi connectivity index (χ0v) is 14.0. The summed E-state index contributed by atoms with van der Waals surface area (Å²) in [7, 11) is 0. The second kappa shape index (κ2) is 8.13. The van der Waals surface area contributed by atoms with Crippen molar-refractivity contribution in [2.24, 2.45) is 0 Å². The predicted molar refractivity (Wildman–Crippen MR) is 88.1 cm³/mol. The molecule has 1 heterocycles. The average Bonchev–Trinajstić information content (AvgIpc) is 2.41. The molecule has 0 aromatic heterocycles. The van der Waals surface area contributed by atoms with Crippen molar-refractivity contribution in [1.82, 2.24) is 10.2 Å². The Morgan fingerprint density at radius 3 is 2.85 bits per heavy atom. The third-order valence-electron chi connectivity index (χ3n) is 3.27. The van der Waals surface area contributed by atoms with Gasteiger partial charge in [-0.2, -0.15) is 0 Å². The normalized spacial score (nSPS) is 20.1. The highest BCUT2D eigenvalue weighted by Gasteiger charge is 2.27. The van der Waals surface area contributed by atoms with Gasteiger partial charge in [-0.1, -0.05) is 23.7 Å². The molecule has 0 radical (unpaired) electrons. The third-order valence-corrected chi connectivity index (χ3v) is 4.88. The second-order valence-corrected chi connectivity index (χ2v) is 6.57. The summed E-state index contributed by atoms with van der Waals surface area (Å²) in [5.74, 6) is 0.193. The predicted octanol–water partition coefficient (Wildman–Crippen LogP) is 3.06. The summed E-state index contributed by atoms with van der Waals surface area (Å²) in [6.07, 6.45) is 0. The van der Waals surface area contributed by atoms with E-state index in [1.54, 1.807) is 0 Å². The monoisotopic (exact) mass is 334 g/mol. The molecule has 0 aliphatic carbocycles. The molecule has 20 heavy (non-hydrogen) atoms. The standard InChI is InChI=1S/C14H19ClN2OS.ClH/c1-10-9-16-7-8-17(10)14(18)11(2)19-13-6-4-3-5-12(13)15;/h3-6,10-11,16H,7-9H2,1-2H3;1H/t10-,11?;/m0./s1. The minimum Gasteiger partial charge on any atom is -0.336 e. The SMILES string of the molecule is CC(Sc1ccccc1Cl)C(=O)N1CCNC[C@@H]1C.Cl. The van der Waals surface area contributed by atoms with Crippen molar-refractivity contribution in [3.05, 3.63) is 29.3 Å². The number of benzene rings is 1. The number of piperazine rings is 1. The van der Waals surface area contributed by atoms with Gasteiger partial charge in [0.15, 0.2) is 0 Å². The Balaban J connectivity index is 0.00000200. The van der Waals surface area contributed by atoms with Crippen molar-refractivity contribution in [3.63, 3.8) is 0 Å². The molecule has 2 rings (SSSR count). The highest BCUT2D eigenvalue weighted by Crippen LogP contribution is 2.31. The summed E-state index contributed by atoms with van der Waals surface area (Å²) in [5, 5.41) is 3.89. The van der Waals surface area contributed by atoms with Gasteiger partial charge < -0.3 is 10.2 Å². The van der Waals surface area contributed by atoms with E-state index in [-0.39, 0.29) is 29.6 Å². The summed E-state index contributed by atoms with van der Waals surface area (Å²) in [6.45, 7) is 6.56. The van der Waals surface area contributed by atoms with E-state index in [9.17, 15) is 4.79 Å². The number of nitrogens with zero attached hydrogens (tertiary/aromatic N) is 1. The van der Waals surface area contributed by atoms with E-state index in [2.05, 4.69) is 12.2 Å². The second-order valence-electron chi connectivity index (χ2n) is 4.78. The lowest BCUT2D eigenvalue weighted by molar-refractivity contribution is -0.133. The van der Waals surface area contributed by atoms with Crippen LogP contribution in [0.5, 0.6) is 0 Å². The lowest BCUT2D eigenvalue weighted by Crippen LogP contribution is -2.54. The molecule has 1 aromatic carbocycles. The van der Waals surface area contributed by atoms with Crippen LogP contribution >= 0.6 is 35.8 Å². The summed E-state index contributed by atoms with van der Waals surface area (Å²) in [4.78, 5) is 15.4. The molecule has 112 valence electrons. The van der Waals surface area contributed by atoms with Gasteiger partial charge in [-0.05, 0) is 26.0 Å². The van der Waals surface area contributed by atoms with Gasteiger partial charge in [-0.15, -0.1) is 24.2 Å². The average molecular weight is 335 g/mol. The maximum absolute atomic E-state index is 12.5. The van der Waals surface area contributed by atoms with E-state index < -0.39 is 0 Å². The molecule has 1 fully saturated rings. The van der Waals surface area contributed by atoms with E-state index in [1.807, 2.05) is 36.1 Å². The van der Waals surface area contributed by atoms with Crippen LogP contribution in [0.3, 0.4) is 0 Å². The van der Waals surface area contributed by atoms with E-state index >= 15 is 0 Å². The van der Waals surface area contributed by atoms with Gasteiger partial charge in [0.25, 0.3) is 0 Å². The molecule has 0 spiro atoms. The molecule has 0 bridgehead atoms. The first-order chi connectivity index (χ1) is 9.09. The van der Waals surface area contributed by atoms with Crippen LogP contribution in [0.2, 0.25) is 5.02 Å². The van der Waals surface area contributed by atoms with Crippen LogP contribution in [0.25, 0.3) is 0 Å². The molecule has 2 atom stereocenters. The number of hydrogen-bond acceptors (Lipinski definition) is 3. The third kappa shape index (κ3) is 4.29. The molecular weight excluding hydrogens is 315 g/mol. The minimum absolute atomic E-state index is 0. The summed E-state index contributed by atoms with van der Waals surface area (Å²) < 4.78 is 0. The molecule has 1 saturated heterocycles. The maximum Gasteiger partial charge on any atom is 0.236 e. The smallest absolute Gasteiger partial charge is 0.236 e. The molecule has 6 heteroatoms. The summed E-state index contributed by atoms with van der Waals surface area (Å²) in [5.41, 5.74) is 0. The van der Waals surface area contributed by atoms with E-state index in [1.165, 1.54) is 11.8 Å². The number of amides is 1. The van der Waals surface area contributed by atoms with Gasteiger partial charge in [-0.25, -0.2) is 0 Å². The summed E-state index contributed by atoms with van der Waals surface area (Å²) in [6, 6.07) is 7.92. The minimum atomic E-state index is -0.111. The first-order valence-electron chi connectivity index (χ1n) is 6.52. The number of rotatable bonds is 3. The Morgan fingerprint density at radius 2 is 2.20 bits per heavy atom. The van der Waals surface area contributed by atoms with Crippen molar-refractivity contribution in [2.75, 3.05) is 19.6 Å². The van der Waals surface area contributed by atoms with Gasteiger partial charge in [0.05, 0.1) is 10.3 Å². The molecule has 1 aliphatic rings. The topological polar surface area (TPSA) is 32.3 Å². The molecule has 1 N–H and O–H groups in total. The molecule has 1 aliphatic heterocycles. The number of carbonyl (C=O) groups is 1. The maximum atomic E-state index is 12.5. The number of nitrogens with one attached hydrogen (secondary N) is 1. The molecule has 1 aromatic rings. The molecular formula is C14H20Cl2N2OS. The molecule has 1 amide bonds. The number of carbonyl (C=O) groups excluding carboxylic acids is 1. The van der Waals surface area contributed by atoms with Crippen molar-refractivity contribution in [1.29, 1.82) is 0 Å². The van der Waals surface area contributed by atoms with Crippen LogP contribution < -0.4 is 5.32 Å². The van der Waals surface area contributed by atoms with Crippen LogP contribution in [0.1, 0.15) is 13.8 Å². The van der Waals surface area contributed by atoms with Crippen LogP contribution in [0.15, 0.2) is 29.2 Å². The van der Waals surface area contributed by atoms with Gasteiger partial charge in [0.2, 0.25) is 5.91 Å². The first-order valence-corrected chi connectivity index (χ1v) is 7.77. The highest BCUT2D eigenvalue weighted by molar-refractivity contribution is 8.00. The van der Waals surface area contributed by atoms with Crippen LogP contribution in [0, 0.1) is 0 Å². The lowest BCUT2D eigenvalue weighted by Gasteiger charge is -2.35. The first kappa shape index (κ1) is 17.6. The Morgan fingerprint density at radius 1 is 1.50 bits per heavy atom. The lowest BCUT2D eigenvalue weighted by atomic mass is 10.2. The Hall–Kier alpha value is -0.420. The number of hydrogen-bond donors (Lipinski definition) is 1. The Kier molecular flexibility index (Phi) is 7.17. The summed E-state index contributed by atoms with van der Waals surface area (Å²) >= 11 is 7.66. The van der Waals surface area contributed by atoms with Crippen LogP contribution in [-0.4, -0.2) is 41.7 Å². The Labute approximate surface area is 135 Å². The zero-order chi connectivity index (χ0) is 13.8. The van der Waals surface area contributed by atoms with E-state index in [0.717, 1.165) is 24.5 Å². The van der Waals surface area contributed by atoms with Crippen LogP contribution in [-0.2, 0) is 4.79 Å². The van der Waals surface area contributed by atoms with E-state index in [4.69, 9.17) is 11.6 Å². The number of halogens is 2. The Bertz CT molecular complexity index is 459. The van der Waals surface area contributed by atoms with Crippen molar-refractivity contribution in [3.8, 4) is 0 Å². The van der Waals surface area contributed by atoms with Crippen molar-refractivity contribution >= 4 is 41.7 Å². The van der Waals surface area contributed by atoms with Gasteiger partial charge >= 0.3 is 0 Å². The van der Waals surface area contributed by atoms with Gasteiger partial charge in [-0.3, -0.25) is 4.79 Å². The van der Waals surface area contributed by atoms with Crippen molar-refractivity contribution in [2.45, 2.75) is 30.0 Å². The molecule has 3 nitrogen and oxygen atoms in total.